The van der Waals surface area contributed by atoms with E-state index in [0.717, 1.165) is 28.9 Å². The molecule has 0 aromatic heterocycles. The molecule has 0 amide bonds. The zero-order valence-corrected chi connectivity index (χ0v) is 11.0. The minimum absolute atomic E-state index is 0.172. The summed E-state index contributed by atoms with van der Waals surface area (Å²) in [7, 11) is 3.29. The van der Waals surface area contributed by atoms with Crippen LogP contribution in [0.3, 0.4) is 0 Å². The molecule has 0 bridgehead atoms. The van der Waals surface area contributed by atoms with E-state index in [-0.39, 0.29) is 5.78 Å². The van der Waals surface area contributed by atoms with Crippen LogP contribution in [0.15, 0.2) is 12.1 Å². The topological polar surface area (TPSA) is 35.5 Å². The van der Waals surface area contributed by atoms with Crippen LogP contribution in [-0.2, 0) is 4.74 Å². The summed E-state index contributed by atoms with van der Waals surface area (Å²) in [5.41, 5.74) is 2.75. The van der Waals surface area contributed by atoms with Gasteiger partial charge in [0.1, 0.15) is 5.75 Å². The Morgan fingerprint density at radius 3 is 2.47 bits per heavy atom. The molecule has 0 saturated carbocycles. The van der Waals surface area contributed by atoms with Gasteiger partial charge in [0.05, 0.1) is 7.11 Å². The van der Waals surface area contributed by atoms with Gasteiger partial charge in [-0.25, -0.2) is 0 Å². The van der Waals surface area contributed by atoms with Crippen LogP contribution < -0.4 is 4.74 Å². The van der Waals surface area contributed by atoms with Gasteiger partial charge in [0.25, 0.3) is 0 Å². The lowest BCUT2D eigenvalue weighted by atomic mass is 9.98. The Hall–Kier alpha value is -1.35. The Balaban J connectivity index is 2.83. The van der Waals surface area contributed by atoms with Crippen molar-refractivity contribution in [3.8, 4) is 5.75 Å². The van der Waals surface area contributed by atoms with Gasteiger partial charge in [0, 0.05) is 25.7 Å². The van der Waals surface area contributed by atoms with Crippen molar-refractivity contribution in [2.75, 3.05) is 20.8 Å². The Morgan fingerprint density at radius 1 is 1.18 bits per heavy atom. The maximum absolute atomic E-state index is 12.0. The molecule has 3 nitrogen and oxygen atoms in total. The summed E-state index contributed by atoms with van der Waals surface area (Å²) >= 11 is 0. The van der Waals surface area contributed by atoms with Crippen LogP contribution in [0, 0.1) is 13.8 Å². The third-order valence-electron chi connectivity index (χ3n) is 2.79. The summed E-state index contributed by atoms with van der Waals surface area (Å²) in [5, 5.41) is 0. The number of aryl methyl sites for hydroxylation is 2. The zero-order chi connectivity index (χ0) is 12.8. The maximum atomic E-state index is 12.0. The van der Waals surface area contributed by atoms with Gasteiger partial charge in [0.15, 0.2) is 5.78 Å². The monoisotopic (exact) mass is 236 g/mol. The van der Waals surface area contributed by atoms with E-state index in [1.807, 2.05) is 26.0 Å². The minimum atomic E-state index is 0.172. The number of hydrogen-bond donors (Lipinski definition) is 0. The molecule has 3 heteroatoms. The first kappa shape index (κ1) is 13.7. The molecule has 17 heavy (non-hydrogen) atoms. The fraction of sp³-hybridized carbons (Fsp3) is 0.500. The third-order valence-corrected chi connectivity index (χ3v) is 2.79. The van der Waals surface area contributed by atoms with Crippen molar-refractivity contribution in [1.29, 1.82) is 0 Å². The molecule has 0 N–H and O–H groups in total. The standard InChI is InChI=1S/C14H20O3/c1-10-9-14(17-4)11(2)8-12(10)13(15)6-5-7-16-3/h8-9H,5-7H2,1-4H3. The van der Waals surface area contributed by atoms with Gasteiger partial charge in [-0.2, -0.15) is 0 Å². The number of carbonyl (C=O) groups is 1. The molecule has 1 rings (SSSR count). The fourth-order valence-electron chi connectivity index (χ4n) is 1.82. The largest absolute Gasteiger partial charge is 0.496 e. The normalized spacial score (nSPS) is 10.4. The first-order chi connectivity index (χ1) is 8.10. The molecule has 0 aliphatic rings. The highest BCUT2D eigenvalue weighted by Crippen LogP contribution is 2.23. The van der Waals surface area contributed by atoms with Crippen LogP contribution in [0.2, 0.25) is 0 Å². The molecule has 0 aliphatic carbocycles. The van der Waals surface area contributed by atoms with Crippen molar-refractivity contribution in [2.24, 2.45) is 0 Å². The number of benzene rings is 1. The lowest BCUT2D eigenvalue weighted by molar-refractivity contribution is 0.0962. The van der Waals surface area contributed by atoms with Crippen molar-refractivity contribution < 1.29 is 14.3 Å². The minimum Gasteiger partial charge on any atom is -0.496 e. The van der Waals surface area contributed by atoms with Crippen LogP contribution in [0.1, 0.15) is 34.3 Å². The Labute approximate surface area is 103 Å². The SMILES string of the molecule is COCCCC(=O)c1cc(C)c(OC)cc1C. The molecule has 0 radical (unpaired) electrons. The van der Waals surface area contributed by atoms with Gasteiger partial charge in [-0.15, -0.1) is 0 Å². The smallest absolute Gasteiger partial charge is 0.163 e. The Morgan fingerprint density at radius 2 is 1.88 bits per heavy atom. The van der Waals surface area contributed by atoms with Crippen molar-refractivity contribution in [2.45, 2.75) is 26.7 Å². The van der Waals surface area contributed by atoms with Crippen LogP contribution >= 0.6 is 0 Å². The van der Waals surface area contributed by atoms with E-state index in [0.29, 0.717) is 13.0 Å². The lowest BCUT2D eigenvalue weighted by Crippen LogP contribution is -2.04. The molecule has 0 aliphatic heterocycles. The van der Waals surface area contributed by atoms with E-state index in [4.69, 9.17) is 9.47 Å². The van der Waals surface area contributed by atoms with Crippen molar-refractivity contribution in [3.05, 3.63) is 28.8 Å². The summed E-state index contributed by atoms with van der Waals surface area (Å²) in [6.07, 6.45) is 1.29. The average Bonchev–Trinajstić information content (AvgIpc) is 2.31. The van der Waals surface area contributed by atoms with Crippen LogP contribution in [0.4, 0.5) is 0 Å². The number of hydrogen-bond acceptors (Lipinski definition) is 3. The van der Waals surface area contributed by atoms with Crippen molar-refractivity contribution >= 4 is 5.78 Å². The Kier molecular flexibility index (Phi) is 5.16. The maximum Gasteiger partial charge on any atom is 0.163 e. The van der Waals surface area contributed by atoms with Crippen molar-refractivity contribution in [1.82, 2.24) is 0 Å². The number of rotatable bonds is 6. The molecule has 0 heterocycles. The van der Waals surface area contributed by atoms with Gasteiger partial charge >= 0.3 is 0 Å². The van der Waals surface area contributed by atoms with Gasteiger partial charge in [0.2, 0.25) is 0 Å². The van der Waals surface area contributed by atoms with Gasteiger partial charge in [-0.1, -0.05) is 0 Å². The van der Waals surface area contributed by atoms with E-state index in [1.54, 1.807) is 14.2 Å². The van der Waals surface area contributed by atoms with E-state index < -0.39 is 0 Å². The molecule has 1 aromatic carbocycles. The van der Waals surface area contributed by atoms with E-state index in [2.05, 4.69) is 0 Å². The summed E-state index contributed by atoms with van der Waals surface area (Å²) in [4.78, 5) is 12.0. The number of ketones is 1. The first-order valence-corrected chi connectivity index (χ1v) is 5.77. The molecule has 0 atom stereocenters. The van der Waals surface area contributed by atoms with Gasteiger partial charge in [-0.05, 0) is 43.5 Å². The highest BCUT2D eigenvalue weighted by molar-refractivity contribution is 5.97. The van der Waals surface area contributed by atoms with Gasteiger partial charge in [-0.3, -0.25) is 4.79 Å². The van der Waals surface area contributed by atoms with Crippen LogP contribution in [0.5, 0.6) is 5.75 Å². The van der Waals surface area contributed by atoms with E-state index in [9.17, 15) is 4.79 Å². The van der Waals surface area contributed by atoms with Crippen molar-refractivity contribution in [3.63, 3.8) is 0 Å². The van der Waals surface area contributed by atoms with Gasteiger partial charge < -0.3 is 9.47 Å². The van der Waals surface area contributed by atoms with E-state index >= 15 is 0 Å². The number of Topliss-reactive ketones (excluding diaryl/α,β-unsaturated/α-hetero) is 1. The molecule has 0 saturated heterocycles. The highest BCUT2D eigenvalue weighted by Gasteiger charge is 2.11. The zero-order valence-electron chi connectivity index (χ0n) is 11.0. The number of methoxy groups -OCH3 is 2. The molecular weight excluding hydrogens is 216 g/mol. The van der Waals surface area contributed by atoms with Crippen LogP contribution in [-0.4, -0.2) is 26.6 Å². The molecular formula is C14H20O3. The second-order valence-electron chi connectivity index (χ2n) is 4.16. The summed E-state index contributed by atoms with van der Waals surface area (Å²) in [6.45, 7) is 4.51. The number of carbonyl (C=O) groups excluding carboxylic acids is 1. The number of ether oxygens (including phenoxy) is 2. The lowest BCUT2D eigenvalue weighted by Gasteiger charge is -2.10. The summed E-state index contributed by atoms with van der Waals surface area (Å²) in [6, 6.07) is 3.82. The van der Waals surface area contributed by atoms with Crippen LogP contribution in [0.25, 0.3) is 0 Å². The van der Waals surface area contributed by atoms with E-state index in [1.165, 1.54) is 0 Å². The fourth-order valence-corrected chi connectivity index (χ4v) is 1.82. The quantitative estimate of drug-likeness (QED) is 0.562. The predicted molar refractivity (Wildman–Crippen MR) is 67.9 cm³/mol. The molecule has 0 fully saturated rings. The molecule has 1 aromatic rings. The first-order valence-electron chi connectivity index (χ1n) is 5.77. The highest BCUT2D eigenvalue weighted by atomic mass is 16.5. The second-order valence-corrected chi connectivity index (χ2v) is 4.16. The molecule has 0 unspecified atom stereocenters. The molecule has 94 valence electrons. The Bertz CT molecular complexity index is 397. The predicted octanol–water partition coefficient (Wildman–Crippen LogP) is 2.92. The third kappa shape index (κ3) is 3.56. The summed E-state index contributed by atoms with van der Waals surface area (Å²) in [5.74, 6) is 1.00. The molecule has 0 spiro atoms. The second kappa shape index (κ2) is 6.40. The summed E-state index contributed by atoms with van der Waals surface area (Å²) < 4.78 is 10.2. The average molecular weight is 236 g/mol.